The average Bonchev–Trinajstić information content (AvgIpc) is 2.65. The third kappa shape index (κ3) is 4.37. The van der Waals surface area contributed by atoms with Gasteiger partial charge in [-0.15, -0.1) is 0 Å². The maximum Gasteiger partial charge on any atom is 0.308 e. The molecule has 1 N–H and O–H groups in total. The van der Waals surface area contributed by atoms with Crippen LogP contribution in [0.5, 0.6) is 0 Å². The summed E-state index contributed by atoms with van der Waals surface area (Å²) < 4.78 is 0. The molecule has 1 aromatic carbocycles. The molecule has 3 unspecified atom stereocenters. The quantitative estimate of drug-likeness (QED) is 0.863. The van der Waals surface area contributed by atoms with E-state index in [1.807, 2.05) is 45.0 Å². The molecule has 0 bridgehead atoms. The van der Waals surface area contributed by atoms with Crippen molar-refractivity contribution in [1.82, 2.24) is 9.80 Å². The Morgan fingerprint density at radius 1 is 1.14 bits per heavy atom. The normalized spacial score (nSPS) is 24.8. The van der Waals surface area contributed by atoms with E-state index in [-0.39, 0.29) is 30.2 Å². The van der Waals surface area contributed by atoms with E-state index in [9.17, 15) is 19.5 Å². The van der Waals surface area contributed by atoms with E-state index < -0.39 is 17.9 Å². The van der Waals surface area contributed by atoms with E-state index in [0.717, 1.165) is 11.1 Å². The summed E-state index contributed by atoms with van der Waals surface area (Å²) in [5.41, 5.74) is 2.17. The van der Waals surface area contributed by atoms with Crippen molar-refractivity contribution >= 4 is 17.8 Å². The van der Waals surface area contributed by atoms with E-state index in [0.29, 0.717) is 32.4 Å². The summed E-state index contributed by atoms with van der Waals surface area (Å²) in [4.78, 5) is 41.2. The Hall–Kier alpha value is -2.37. The fourth-order valence-electron chi connectivity index (χ4n) is 4.39. The van der Waals surface area contributed by atoms with Crippen molar-refractivity contribution in [2.75, 3.05) is 13.1 Å². The second-order valence-corrected chi connectivity index (χ2v) is 8.73. The first-order valence-corrected chi connectivity index (χ1v) is 10.1. The van der Waals surface area contributed by atoms with Gasteiger partial charge in [-0.3, -0.25) is 14.4 Å². The van der Waals surface area contributed by atoms with Gasteiger partial charge in [0.05, 0.1) is 5.92 Å². The van der Waals surface area contributed by atoms with Gasteiger partial charge < -0.3 is 14.9 Å². The first-order chi connectivity index (χ1) is 13.3. The zero-order valence-corrected chi connectivity index (χ0v) is 16.9. The van der Waals surface area contributed by atoms with E-state index in [2.05, 4.69) is 0 Å². The van der Waals surface area contributed by atoms with Gasteiger partial charge in [0.25, 0.3) is 0 Å². The Morgan fingerprint density at radius 2 is 1.82 bits per heavy atom. The maximum absolute atomic E-state index is 13.4. The lowest BCUT2D eigenvalue weighted by Crippen LogP contribution is -2.56. The van der Waals surface area contributed by atoms with Crippen molar-refractivity contribution in [3.8, 4) is 0 Å². The molecule has 1 fully saturated rings. The average molecular weight is 386 g/mol. The van der Waals surface area contributed by atoms with E-state index in [1.165, 1.54) is 0 Å². The fourth-order valence-corrected chi connectivity index (χ4v) is 4.39. The molecule has 0 aromatic heterocycles. The van der Waals surface area contributed by atoms with Gasteiger partial charge in [-0.05, 0) is 29.4 Å². The van der Waals surface area contributed by atoms with Crippen LogP contribution in [0, 0.1) is 17.8 Å². The molecule has 1 aromatic rings. The SMILES string of the molecule is CC(C)CC(=O)N1Cc2ccccc2CC1C(=O)N1CC(C)CC(C(=O)O)C1. The summed E-state index contributed by atoms with van der Waals surface area (Å²) in [6, 6.07) is 7.37. The number of rotatable bonds is 4. The molecule has 0 spiro atoms. The Balaban J connectivity index is 1.86. The lowest BCUT2D eigenvalue weighted by Gasteiger charge is -2.42. The Bertz CT molecular complexity index is 761. The number of carbonyl (C=O) groups excluding carboxylic acids is 2. The second-order valence-electron chi connectivity index (χ2n) is 8.73. The van der Waals surface area contributed by atoms with Crippen molar-refractivity contribution in [2.45, 2.75) is 52.6 Å². The van der Waals surface area contributed by atoms with Crippen molar-refractivity contribution in [2.24, 2.45) is 17.8 Å². The van der Waals surface area contributed by atoms with Gasteiger partial charge in [0.15, 0.2) is 0 Å². The topological polar surface area (TPSA) is 77.9 Å². The molecule has 1 saturated heterocycles. The lowest BCUT2D eigenvalue weighted by molar-refractivity contribution is -0.153. The second kappa shape index (κ2) is 8.33. The van der Waals surface area contributed by atoms with Gasteiger partial charge in [0.1, 0.15) is 6.04 Å². The molecule has 2 heterocycles. The molecule has 0 aliphatic carbocycles. The molecule has 6 heteroatoms. The van der Waals surface area contributed by atoms with Crippen LogP contribution in [-0.2, 0) is 27.3 Å². The molecule has 6 nitrogen and oxygen atoms in total. The number of carboxylic acids is 1. The molecule has 28 heavy (non-hydrogen) atoms. The van der Waals surface area contributed by atoms with Crippen LogP contribution in [0.4, 0.5) is 0 Å². The Morgan fingerprint density at radius 3 is 2.46 bits per heavy atom. The number of fused-ring (bicyclic) bond motifs is 1. The first kappa shape index (κ1) is 20.4. The zero-order chi connectivity index (χ0) is 20.4. The number of nitrogens with zero attached hydrogens (tertiary/aromatic N) is 2. The third-order valence-electron chi connectivity index (χ3n) is 5.76. The number of hydrogen-bond donors (Lipinski definition) is 1. The summed E-state index contributed by atoms with van der Waals surface area (Å²) in [5.74, 6) is -1.18. The van der Waals surface area contributed by atoms with Crippen LogP contribution in [-0.4, -0.2) is 51.8 Å². The molecule has 3 rings (SSSR count). The highest BCUT2D eigenvalue weighted by Gasteiger charge is 2.40. The van der Waals surface area contributed by atoms with Gasteiger partial charge in [-0.2, -0.15) is 0 Å². The van der Waals surface area contributed by atoms with Gasteiger partial charge in [0, 0.05) is 32.5 Å². The molecular formula is C22H30N2O4. The summed E-state index contributed by atoms with van der Waals surface area (Å²) in [6.45, 7) is 7.18. The van der Waals surface area contributed by atoms with Crippen molar-refractivity contribution in [3.63, 3.8) is 0 Å². The highest BCUT2D eigenvalue weighted by molar-refractivity contribution is 5.89. The number of carbonyl (C=O) groups is 3. The molecular weight excluding hydrogens is 356 g/mol. The third-order valence-corrected chi connectivity index (χ3v) is 5.76. The number of likely N-dealkylation sites (tertiary alicyclic amines) is 1. The lowest BCUT2D eigenvalue weighted by atomic mass is 9.88. The van der Waals surface area contributed by atoms with Crippen LogP contribution in [0.3, 0.4) is 0 Å². The van der Waals surface area contributed by atoms with Crippen LogP contribution in [0.15, 0.2) is 24.3 Å². The molecule has 2 aliphatic rings. The number of piperidine rings is 1. The van der Waals surface area contributed by atoms with Crippen LogP contribution in [0.1, 0.15) is 44.7 Å². The molecule has 2 aliphatic heterocycles. The van der Waals surface area contributed by atoms with Gasteiger partial charge in [-0.1, -0.05) is 45.0 Å². The molecule has 152 valence electrons. The Kier molecular flexibility index (Phi) is 6.06. The molecule has 3 atom stereocenters. The maximum atomic E-state index is 13.4. The van der Waals surface area contributed by atoms with E-state index >= 15 is 0 Å². The summed E-state index contributed by atoms with van der Waals surface area (Å²) >= 11 is 0. The minimum Gasteiger partial charge on any atom is -0.481 e. The van der Waals surface area contributed by atoms with Gasteiger partial charge in [0.2, 0.25) is 11.8 Å². The monoisotopic (exact) mass is 386 g/mol. The van der Waals surface area contributed by atoms with Crippen LogP contribution < -0.4 is 0 Å². The predicted octanol–water partition coefficient (Wildman–Crippen LogP) is 2.56. The van der Waals surface area contributed by atoms with Gasteiger partial charge >= 0.3 is 5.97 Å². The number of amides is 2. The first-order valence-electron chi connectivity index (χ1n) is 10.1. The standard InChI is InChI=1S/C22H30N2O4/c1-14(2)8-20(25)24-13-17-7-5-4-6-16(17)10-19(24)21(26)23-11-15(3)9-18(12-23)22(27)28/h4-7,14-15,18-19H,8-13H2,1-3H3,(H,27,28). The van der Waals surface area contributed by atoms with Crippen LogP contribution in [0.25, 0.3) is 0 Å². The summed E-state index contributed by atoms with van der Waals surface area (Å²) in [7, 11) is 0. The largest absolute Gasteiger partial charge is 0.481 e. The fraction of sp³-hybridized carbons (Fsp3) is 0.591. The zero-order valence-electron chi connectivity index (χ0n) is 16.9. The summed E-state index contributed by atoms with van der Waals surface area (Å²) in [5, 5.41) is 9.43. The van der Waals surface area contributed by atoms with Crippen molar-refractivity contribution < 1.29 is 19.5 Å². The highest BCUT2D eigenvalue weighted by Crippen LogP contribution is 2.28. The van der Waals surface area contributed by atoms with Crippen molar-refractivity contribution in [3.05, 3.63) is 35.4 Å². The van der Waals surface area contributed by atoms with E-state index in [4.69, 9.17) is 0 Å². The predicted molar refractivity (Wildman–Crippen MR) is 105 cm³/mol. The Labute approximate surface area is 166 Å². The minimum absolute atomic E-state index is 0.0114. The number of aliphatic carboxylic acids is 1. The molecule has 0 radical (unpaired) electrons. The van der Waals surface area contributed by atoms with Crippen LogP contribution in [0.2, 0.25) is 0 Å². The minimum atomic E-state index is -0.855. The van der Waals surface area contributed by atoms with Crippen molar-refractivity contribution in [1.29, 1.82) is 0 Å². The highest BCUT2D eigenvalue weighted by atomic mass is 16.4. The molecule has 2 amide bonds. The number of carboxylic acid groups (broad SMARTS) is 1. The van der Waals surface area contributed by atoms with E-state index in [1.54, 1.807) is 9.80 Å². The number of hydrogen-bond acceptors (Lipinski definition) is 3. The summed E-state index contributed by atoms with van der Waals surface area (Å²) in [6.07, 6.45) is 1.48. The smallest absolute Gasteiger partial charge is 0.308 e. The number of benzene rings is 1. The van der Waals surface area contributed by atoms with Gasteiger partial charge in [-0.25, -0.2) is 0 Å². The van der Waals surface area contributed by atoms with Crippen LogP contribution >= 0.6 is 0 Å². The molecule has 0 saturated carbocycles.